The van der Waals surface area contributed by atoms with Gasteiger partial charge in [-0.1, -0.05) is 35.5 Å². The molecule has 134 valence electrons. The molecule has 0 unspecified atom stereocenters. The molecule has 1 saturated heterocycles. The number of oxime groups is 1. The Balaban J connectivity index is 1.58. The number of anilines is 1. The topological polar surface area (TPSA) is 76.0 Å². The van der Waals surface area contributed by atoms with Crippen LogP contribution in [0.3, 0.4) is 0 Å². The highest BCUT2D eigenvalue weighted by Crippen LogP contribution is 2.30. The summed E-state index contributed by atoms with van der Waals surface area (Å²) in [6.07, 6.45) is 1.77. The number of rotatable bonds is 3. The SMILES string of the molecule is O=C1ON=C(c2ccccc2)/C1=C/c1ccc(N2CCS(=O)(=O)CC2)s1. The van der Waals surface area contributed by atoms with Crippen LogP contribution in [-0.4, -0.2) is 44.7 Å². The van der Waals surface area contributed by atoms with E-state index in [-0.39, 0.29) is 11.5 Å². The van der Waals surface area contributed by atoms with Gasteiger partial charge in [-0.25, -0.2) is 13.2 Å². The zero-order valence-electron chi connectivity index (χ0n) is 13.8. The summed E-state index contributed by atoms with van der Waals surface area (Å²) in [6, 6.07) is 13.3. The van der Waals surface area contributed by atoms with Gasteiger partial charge in [0, 0.05) is 23.5 Å². The van der Waals surface area contributed by atoms with Gasteiger partial charge < -0.3 is 9.74 Å². The third kappa shape index (κ3) is 3.42. The summed E-state index contributed by atoms with van der Waals surface area (Å²) < 4.78 is 23.1. The smallest absolute Gasteiger partial charge is 0.361 e. The molecular formula is C18H16N2O4S2. The Hall–Kier alpha value is -2.45. The number of hydrogen-bond donors (Lipinski definition) is 0. The Kier molecular flexibility index (Phi) is 4.37. The van der Waals surface area contributed by atoms with Crippen LogP contribution in [0, 0.1) is 0 Å². The molecule has 2 aliphatic heterocycles. The van der Waals surface area contributed by atoms with E-state index in [2.05, 4.69) is 10.1 Å². The predicted molar refractivity (Wildman–Crippen MR) is 102 cm³/mol. The van der Waals surface area contributed by atoms with Crippen LogP contribution in [0.4, 0.5) is 5.00 Å². The van der Waals surface area contributed by atoms with Crippen molar-refractivity contribution in [2.75, 3.05) is 29.5 Å². The van der Waals surface area contributed by atoms with E-state index in [0.29, 0.717) is 24.4 Å². The molecule has 26 heavy (non-hydrogen) atoms. The maximum Gasteiger partial charge on any atom is 0.368 e. The maximum absolute atomic E-state index is 12.1. The molecule has 0 N–H and O–H groups in total. The molecule has 0 spiro atoms. The van der Waals surface area contributed by atoms with E-state index in [0.717, 1.165) is 15.4 Å². The molecule has 0 bridgehead atoms. The van der Waals surface area contributed by atoms with Gasteiger partial charge in [0.15, 0.2) is 9.84 Å². The molecule has 1 fully saturated rings. The summed E-state index contributed by atoms with van der Waals surface area (Å²) in [6.45, 7) is 0.995. The van der Waals surface area contributed by atoms with Crippen LogP contribution in [0.2, 0.25) is 0 Å². The zero-order chi connectivity index (χ0) is 18.1. The normalized spacial score (nSPS) is 20.9. The van der Waals surface area contributed by atoms with Crippen molar-refractivity contribution in [3.05, 3.63) is 58.5 Å². The van der Waals surface area contributed by atoms with E-state index < -0.39 is 15.8 Å². The molecule has 0 radical (unpaired) electrons. The average Bonchev–Trinajstić information content (AvgIpc) is 3.24. The van der Waals surface area contributed by atoms with Crippen molar-refractivity contribution in [1.82, 2.24) is 0 Å². The third-order valence-electron chi connectivity index (χ3n) is 4.30. The second kappa shape index (κ2) is 6.69. The number of thiophene rings is 1. The van der Waals surface area contributed by atoms with Gasteiger partial charge in [-0.3, -0.25) is 0 Å². The van der Waals surface area contributed by atoms with Gasteiger partial charge in [0.1, 0.15) is 5.71 Å². The van der Waals surface area contributed by atoms with E-state index in [1.165, 1.54) is 11.3 Å². The average molecular weight is 388 g/mol. The first-order valence-corrected chi connectivity index (χ1v) is 10.8. The molecule has 3 heterocycles. The third-order valence-corrected chi connectivity index (χ3v) is 7.00. The Morgan fingerprint density at radius 1 is 1.08 bits per heavy atom. The van der Waals surface area contributed by atoms with E-state index >= 15 is 0 Å². The molecule has 0 saturated carbocycles. The number of sulfone groups is 1. The van der Waals surface area contributed by atoms with Gasteiger partial charge in [-0.15, -0.1) is 11.3 Å². The second-order valence-electron chi connectivity index (χ2n) is 6.06. The van der Waals surface area contributed by atoms with E-state index in [1.54, 1.807) is 6.08 Å². The standard InChI is InChI=1S/C18H16N2O4S2/c21-18-15(17(19-24-18)13-4-2-1-3-5-13)12-14-6-7-16(25-14)20-8-10-26(22,23)11-9-20/h1-7,12H,8-11H2/b15-12-. The predicted octanol–water partition coefficient (Wildman–Crippen LogP) is 2.33. The first-order valence-electron chi connectivity index (χ1n) is 8.14. The molecule has 0 aliphatic carbocycles. The Morgan fingerprint density at radius 2 is 1.81 bits per heavy atom. The monoisotopic (exact) mass is 388 g/mol. The van der Waals surface area contributed by atoms with E-state index in [4.69, 9.17) is 4.84 Å². The minimum Gasteiger partial charge on any atom is -0.361 e. The number of carbonyl (C=O) groups is 1. The largest absolute Gasteiger partial charge is 0.368 e. The Morgan fingerprint density at radius 3 is 2.54 bits per heavy atom. The minimum absolute atomic E-state index is 0.179. The van der Waals surface area contributed by atoms with E-state index in [1.807, 2.05) is 42.5 Å². The van der Waals surface area contributed by atoms with Crippen molar-refractivity contribution in [3.63, 3.8) is 0 Å². The Bertz CT molecular complexity index is 993. The van der Waals surface area contributed by atoms with Crippen molar-refractivity contribution in [2.24, 2.45) is 5.16 Å². The summed E-state index contributed by atoms with van der Waals surface area (Å²) >= 11 is 1.52. The summed E-state index contributed by atoms with van der Waals surface area (Å²) in [5.74, 6) is -0.112. The van der Waals surface area contributed by atoms with Crippen LogP contribution in [0.15, 0.2) is 53.2 Å². The van der Waals surface area contributed by atoms with Gasteiger partial charge in [0.25, 0.3) is 0 Å². The van der Waals surface area contributed by atoms with Gasteiger partial charge in [-0.05, 0) is 18.2 Å². The van der Waals surface area contributed by atoms with Crippen LogP contribution in [0.5, 0.6) is 0 Å². The molecular weight excluding hydrogens is 372 g/mol. The zero-order valence-corrected chi connectivity index (χ0v) is 15.4. The molecule has 0 atom stereocenters. The van der Waals surface area contributed by atoms with Crippen LogP contribution in [0.1, 0.15) is 10.4 Å². The van der Waals surface area contributed by atoms with Crippen molar-refractivity contribution < 1.29 is 18.0 Å². The van der Waals surface area contributed by atoms with Gasteiger partial charge in [0.2, 0.25) is 0 Å². The molecule has 4 rings (SSSR count). The fourth-order valence-corrected chi connectivity index (χ4v) is 5.08. The van der Waals surface area contributed by atoms with Gasteiger partial charge in [-0.2, -0.15) is 0 Å². The molecule has 6 nitrogen and oxygen atoms in total. The molecule has 8 heteroatoms. The summed E-state index contributed by atoms with van der Waals surface area (Å²) in [5, 5.41) is 4.90. The molecule has 1 aromatic heterocycles. The minimum atomic E-state index is -2.91. The highest BCUT2D eigenvalue weighted by atomic mass is 32.2. The molecule has 1 aromatic carbocycles. The first kappa shape index (κ1) is 17.0. The fourth-order valence-electron chi connectivity index (χ4n) is 2.88. The summed E-state index contributed by atoms with van der Waals surface area (Å²) in [5.41, 5.74) is 1.77. The summed E-state index contributed by atoms with van der Waals surface area (Å²) in [4.78, 5) is 19.9. The first-order chi connectivity index (χ1) is 12.5. The second-order valence-corrected chi connectivity index (χ2v) is 9.45. The number of benzene rings is 1. The lowest BCUT2D eigenvalue weighted by atomic mass is 10.0. The fraction of sp³-hybridized carbons (Fsp3) is 0.222. The highest BCUT2D eigenvalue weighted by molar-refractivity contribution is 7.91. The van der Waals surface area contributed by atoms with Crippen LogP contribution < -0.4 is 4.90 Å². The molecule has 0 amide bonds. The van der Waals surface area contributed by atoms with Crippen molar-refractivity contribution in [1.29, 1.82) is 0 Å². The Labute approximate surface area is 155 Å². The number of hydrogen-bond acceptors (Lipinski definition) is 7. The van der Waals surface area contributed by atoms with Gasteiger partial charge >= 0.3 is 5.97 Å². The van der Waals surface area contributed by atoms with E-state index in [9.17, 15) is 13.2 Å². The van der Waals surface area contributed by atoms with Gasteiger partial charge in [0.05, 0.1) is 22.1 Å². The number of carbonyl (C=O) groups excluding carboxylic acids is 1. The van der Waals surface area contributed by atoms with Crippen molar-refractivity contribution >= 4 is 43.9 Å². The lowest BCUT2D eigenvalue weighted by Gasteiger charge is -2.27. The lowest BCUT2D eigenvalue weighted by molar-refractivity contribution is -0.136. The molecule has 2 aliphatic rings. The van der Waals surface area contributed by atoms with Crippen LogP contribution in [0.25, 0.3) is 6.08 Å². The maximum atomic E-state index is 12.1. The van der Waals surface area contributed by atoms with Crippen molar-refractivity contribution in [2.45, 2.75) is 0 Å². The van der Waals surface area contributed by atoms with Crippen LogP contribution >= 0.6 is 11.3 Å². The lowest BCUT2D eigenvalue weighted by Crippen LogP contribution is -2.39. The quantitative estimate of drug-likeness (QED) is 0.596. The molecule has 2 aromatic rings. The summed E-state index contributed by atoms with van der Waals surface area (Å²) in [7, 11) is -2.91. The number of nitrogens with zero attached hydrogens (tertiary/aromatic N) is 2. The van der Waals surface area contributed by atoms with Crippen LogP contribution in [-0.2, 0) is 19.5 Å². The highest BCUT2D eigenvalue weighted by Gasteiger charge is 2.27. The van der Waals surface area contributed by atoms with Crippen molar-refractivity contribution in [3.8, 4) is 0 Å².